The van der Waals surface area contributed by atoms with Crippen LogP contribution in [0.4, 0.5) is 11.4 Å². The maximum Gasteiger partial charge on any atom is 0.179 e. The molecule has 6 nitrogen and oxygen atoms in total. The predicted molar refractivity (Wildman–Crippen MR) is 123 cm³/mol. The number of carbonyl (C=O) groups is 2. The molecular weight excluding hydrogens is 364 g/mol. The summed E-state index contributed by atoms with van der Waals surface area (Å²) in [6.45, 7) is 9.88. The van der Waals surface area contributed by atoms with Crippen molar-refractivity contribution in [3.8, 4) is 0 Å². The van der Waals surface area contributed by atoms with Crippen LogP contribution in [-0.2, 0) is 0 Å². The monoisotopic (exact) mass is 398 g/mol. The molecule has 158 valence electrons. The maximum atomic E-state index is 11.1. The molecule has 29 heavy (non-hydrogen) atoms. The Hall–Kier alpha value is -3.15. The van der Waals surface area contributed by atoms with E-state index in [1.807, 2.05) is 43.6 Å². The highest BCUT2D eigenvalue weighted by atomic mass is 16.1. The number of nitrogens with zero attached hydrogens (tertiary/aromatic N) is 2. The third-order valence-corrected chi connectivity index (χ3v) is 3.67. The number of pyridine rings is 1. The standard InChI is InChI=1S/C10H11N3O.C7H7NO.C4H10.C2H6/c1-7(14)9-6-13-5-8(11-2)3-4-10(13)12-9;8-7-3-1-6(5-9)2-4-7;1-3-4-2;1-2/h3-6,11H,1-2H3;1-5H,8H2;3-4H2,1-2H3;1-2H3. The zero-order valence-corrected chi connectivity index (χ0v) is 18.4. The van der Waals surface area contributed by atoms with E-state index in [4.69, 9.17) is 5.73 Å². The lowest BCUT2D eigenvalue weighted by atomic mass is 10.2. The van der Waals surface area contributed by atoms with E-state index < -0.39 is 0 Å². The molecule has 0 radical (unpaired) electrons. The number of nitrogen functional groups attached to an aromatic ring is 1. The minimum absolute atomic E-state index is 0.0142. The van der Waals surface area contributed by atoms with Crippen molar-refractivity contribution in [2.45, 2.75) is 47.5 Å². The second-order valence-corrected chi connectivity index (χ2v) is 5.90. The summed E-state index contributed by atoms with van der Waals surface area (Å²) in [5, 5.41) is 3.02. The lowest BCUT2D eigenvalue weighted by Gasteiger charge is -1.99. The van der Waals surface area contributed by atoms with Gasteiger partial charge in [0.05, 0.1) is 5.69 Å². The highest BCUT2D eigenvalue weighted by Crippen LogP contribution is 2.11. The number of aldehydes is 1. The zero-order chi connectivity index (χ0) is 22.2. The Morgan fingerprint density at radius 2 is 1.66 bits per heavy atom. The summed E-state index contributed by atoms with van der Waals surface area (Å²) >= 11 is 0. The highest BCUT2D eigenvalue weighted by molar-refractivity contribution is 5.92. The number of rotatable bonds is 4. The molecule has 0 aliphatic carbocycles. The van der Waals surface area contributed by atoms with Gasteiger partial charge in [0, 0.05) is 37.6 Å². The molecule has 3 aromatic rings. The van der Waals surface area contributed by atoms with Gasteiger partial charge in [0.2, 0.25) is 0 Å². The number of fused-ring (bicyclic) bond motifs is 1. The van der Waals surface area contributed by atoms with Gasteiger partial charge in [-0.1, -0.05) is 40.5 Å². The molecule has 0 saturated heterocycles. The van der Waals surface area contributed by atoms with E-state index in [-0.39, 0.29) is 5.78 Å². The molecule has 1 aromatic carbocycles. The van der Waals surface area contributed by atoms with Gasteiger partial charge in [0.1, 0.15) is 17.6 Å². The van der Waals surface area contributed by atoms with Crippen LogP contribution in [0.2, 0.25) is 0 Å². The van der Waals surface area contributed by atoms with Gasteiger partial charge in [-0.05, 0) is 36.4 Å². The van der Waals surface area contributed by atoms with Crippen molar-refractivity contribution in [1.29, 1.82) is 0 Å². The Balaban J connectivity index is 0.000000450. The van der Waals surface area contributed by atoms with E-state index in [0.29, 0.717) is 16.9 Å². The maximum absolute atomic E-state index is 11.1. The lowest BCUT2D eigenvalue weighted by molar-refractivity contribution is 0.101. The van der Waals surface area contributed by atoms with Crippen LogP contribution in [0.15, 0.2) is 48.8 Å². The molecule has 0 aliphatic heterocycles. The molecule has 2 aromatic heterocycles. The number of benzene rings is 1. The van der Waals surface area contributed by atoms with Crippen molar-refractivity contribution < 1.29 is 9.59 Å². The molecule has 0 bridgehead atoms. The number of Topliss-reactive ketones (excluding diaryl/α,β-unsaturated/α-hetero) is 1. The summed E-state index contributed by atoms with van der Waals surface area (Å²) in [6, 6.07) is 10.6. The van der Waals surface area contributed by atoms with Crippen LogP contribution in [0.3, 0.4) is 0 Å². The van der Waals surface area contributed by atoms with Gasteiger partial charge in [0.25, 0.3) is 0 Å². The summed E-state index contributed by atoms with van der Waals surface area (Å²) in [5.41, 5.74) is 8.98. The molecule has 3 rings (SSSR count). The van der Waals surface area contributed by atoms with Crippen molar-refractivity contribution in [1.82, 2.24) is 9.38 Å². The lowest BCUT2D eigenvalue weighted by Crippen LogP contribution is -1.90. The first kappa shape index (κ1) is 25.9. The van der Waals surface area contributed by atoms with Gasteiger partial charge in [0.15, 0.2) is 5.78 Å². The summed E-state index contributed by atoms with van der Waals surface area (Å²) < 4.78 is 1.84. The quantitative estimate of drug-likeness (QED) is 0.344. The number of aromatic nitrogens is 2. The first-order valence-electron chi connectivity index (χ1n) is 9.93. The van der Waals surface area contributed by atoms with E-state index in [1.54, 1.807) is 30.5 Å². The number of ketones is 1. The molecule has 0 amide bonds. The van der Waals surface area contributed by atoms with Gasteiger partial charge in [-0.3, -0.25) is 9.59 Å². The fraction of sp³-hybridized carbons (Fsp3) is 0.348. The molecule has 3 N–H and O–H groups in total. The summed E-state index contributed by atoms with van der Waals surface area (Å²) in [6.07, 6.45) is 7.06. The van der Waals surface area contributed by atoms with Crippen molar-refractivity contribution in [2.75, 3.05) is 18.1 Å². The molecule has 0 unspecified atom stereocenters. The van der Waals surface area contributed by atoms with Crippen LogP contribution in [0, 0.1) is 0 Å². The van der Waals surface area contributed by atoms with Gasteiger partial charge in [-0.25, -0.2) is 4.98 Å². The summed E-state index contributed by atoms with van der Waals surface area (Å²) in [5.74, 6) is -0.0142. The highest BCUT2D eigenvalue weighted by Gasteiger charge is 2.05. The smallest absolute Gasteiger partial charge is 0.179 e. The van der Waals surface area contributed by atoms with Crippen LogP contribution in [0.25, 0.3) is 5.65 Å². The molecule has 0 spiro atoms. The number of anilines is 2. The third-order valence-electron chi connectivity index (χ3n) is 3.67. The average Bonchev–Trinajstić information content (AvgIpc) is 3.20. The Labute approximate surface area is 174 Å². The van der Waals surface area contributed by atoms with Gasteiger partial charge < -0.3 is 15.5 Å². The molecular formula is C23H34N4O2. The fourth-order valence-electron chi connectivity index (χ4n) is 1.88. The normalized spacial score (nSPS) is 9.03. The van der Waals surface area contributed by atoms with Crippen molar-refractivity contribution in [3.63, 3.8) is 0 Å². The van der Waals surface area contributed by atoms with Crippen LogP contribution < -0.4 is 11.1 Å². The molecule has 0 aliphatic rings. The van der Waals surface area contributed by atoms with E-state index in [1.165, 1.54) is 19.8 Å². The summed E-state index contributed by atoms with van der Waals surface area (Å²) in [7, 11) is 1.85. The Bertz CT molecular complexity index is 853. The Morgan fingerprint density at radius 3 is 2.10 bits per heavy atom. The van der Waals surface area contributed by atoms with Crippen molar-refractivity contribution in [2.24, 2.45) is 0 Å². The molecule has 0 atom stereocenters. The number of nitrogens with two attached hydrogens (primary N) is 1. The molecule has 0 fully saturated rings. The van der Waals surface area contributed by atoms with Crippen LogP contribution in [-0.4, -0.2) is 28.5 Å². The predicted octanol–water partition coefficient (Wildman–Crippen LogP) is 5.49. The van der Waals surface area contributed by atoms with Crippen molar-refractivity contribution >= 4 is 29.1 Å². The molecule has 2 heterocycles. The summed E-state index contributed by atoms with van der Waals surface area (Å²) in [4.78, 5) is 25.3. The van der Waals surface area contributed by atoms with Gasteiger partial charge >= 0.3 is 0 Å². The number of carbonyl (C=O) groups excluding carboxylic acids is 2. The zero-order valence-electron chi connectivity index (χ0n) is 18.4. The second kappa shape index (κ2) is 14.9. The van der Waals surface area contributed by atoms with E-state index in [0.717, 1.165) is 17.6 Å². The Morgan fingerprint density at radius 1 is 1.07 bits per heavy atom. The van der Waals surface area contributed by atoms with E-state index in [9.17, 15) is 9.59 Å². The van der Waals surface area contributed by atoms with Crippen LogP contribution in [0.5, 0.6) is 0 Å². The van der Waals surface area contributed by atoms with Crippen molar-refractivity contribution in [3.05, 3.63) is 60.0 Å². The van der Waals surface area contributed by atoms with Gasteiger partial charge in [-0.2, -0.15) is 0 Å². The number of nitrogens with one attached hydrogen (secondary N) is 1. The molecule has 0 saturated carbocycles. The number of unbranched alkanes of at least 4 members (excludes halogenated alkanes) is 1. The fourth-order valence-corrected chi connectivity index (χ4v) is 1.88. The SMILES string of the molecule is CC.CCCC.CNc1ccc2nc(C(C)=O)cn2c1.Nc1ccc(C=O)cc1. The molecule has 6 heteroatoms. The largest absolute Gasteiger partial charge is 0.399 e. The minimum Gasteiger partial charge on any atom is -0.399 e. The van der Waals surface area contributed by atoms with E-state index >= 15 is 0 Å². The first-order chi connectivity index (χ1) is 13.9. The van der Waals surface area contributed by atoms with E-state index in [2.05, 4.69) is 24.1 Å². The number of imidazole rings is 1. The third kappa shape index (κ3) is 9.55. The second-order valence-electron chi connectivity index (χ2n) is 5.90. The van der Waals surface area contributed by atoms with Gasteiger partial charge in [-0.15, -0.1) is 0 Å². The minimum atomic E-state index is -0.0142. The number of hydrogen-bond donors (Lipinski definition) is 2. The van der Waals surface area contributed by atoms with Crippen LogP contribution in [0.1, 0.15) is 68.3 Å². The average molecular weight is 399 g/mol. The topological polar surface area (TPSA) is 89.5 Å². The first-order valence-corrected chi connectivity index (χ1v) is 9.93. The Kier molecular flexibility index (Phi) is 13.2. The van der Waals surface area contributed by atoms with Crippen LogP contribution >= 0.6 is 0 Å². The number of hydrogen-bond acceptors (Lipinski definition) is 5.